The first-order chi connectivity index (χ1) is 12.7. The average Bonchev–Trinajstić information content (AvgIpc) is 3.10. The number of benzene rings is 2. The zero-order valence-electron chi connectivity index (χ0n) is 13.8. The predicted molar refractivity (Wildman–Crippen MR) is 106 cm³/mol. The van der Waals surface area contributed by atoms with E-state index in [9.17, 15) is 4.79 Å². The summed E-state index contributed by atoms with van der Waals surface area (Å²) in [5.41, 5.74) is 3.44. The quantitative estimate of drug-likeness (QED) is 0.356. The molecule has 128 valence electrons. The lowest BCUT2D eigenvalue weighted by Crippen LogP contribution is -1.99. The van der Waals surface area contributed by atoms with Crippen LogP contribution >= 0.6 is 15.9 Å². The van der Waals surface area contributed by atoms with Gasteiger partial charge in [-0.3, -0.25) is 0 Å². The van der Waals surface area contributed by atoms with Crippen LogP contribution in [-0.4, -0.2) is 22.4 Å². The van der Waals surface area contributed by atoms with E-state index in [0.29, 0.717) is 0 Å². The summed E-state index contributed by atoms with van der Waals surface area (Å²) in [6.45, 7) is -0.0496. The van der Waals surface area contributed by atoms with Gasteiger partial charge in [-0.05, 0) is 30.3 Å². The first-order valence-electron chi connectivity index (χ1n) is 7.86. The fraction of sp³-hybridized carbons (Fsp3) is 0.0476. The van der Waals surface area contributed by atoms with Crippen LogP contribution in [0.3, 0.4) is 0 Å². The summed E-state index contributed by atoms with van der Waals surface area (Å²) in [7, 11) is 0. The van der Waals surface area contributed by atoms with E-state index in [0.717, 1.165) is 27.0 Å². The van der Waals surface area contributed by atoms with Crippen LogP contribution in [0.2, 0.25) is 0 Å². The Balaban J connectivity index is 1.99. The van der Waals surface area contributed by atoms with E-state index in [1.807, 2.05) is 60.8 Å². The van der Waals surface area contributed by atoms with Crippen molar-refractivity contribution in [3.8, 4) is 29.3 Å². The van der Waals surface area contributed by atoms with Crippen molar-refractivity contribution in [3.05, 3.63) is 76.9 Å². The van der Waals surface area contributed by atoms with E-state index >= 15 is 0 Å². The van der Waals surface area contributed by atoms with Gasteiger partial charge >= 0.3 is 5.97 Å². The van der Waals surface area contributed by atoms with Crippen molar-refractivity contribution < 1.29 is 9.53 Å². The van der Waals surface area contributed by atoms with Gasteiger partial charge in [0, 0.05) is 27.9 Å². The summed E-state index contributed by atoms with van der Waals surface area (Å²) in [6.07, 6.45) is 10.0. The highest BCUT2D eigenvalue weighted by molar-refractivity contribution is 9.10. The largest absolute Gasteiger partial charge is 0.449 e. The van der Waals surface area contributed by atoms with Crippen molar-refractivity contribution in [2.75, 3.05) is 6.61 Å². The molecule has 3 aromatic rings. The molecule has 0 N–H and O–H groups in total. The average molecular weight is 407 g/mol. The van der Waals surface area contributed by atoms with Gasteiger partial charge in [-0.2, -0.15) is 5.10 Å². The molecule has 0 bridgehead atoms. The summed E-state index contributed by atoms with van der Waals surface area (Å²) in [5, 5.41) is 4.69. The number of carbonyl (C=O) groups excluding carboxylic acids is 1. The molecule has 0 fully saturated rings. The second-order valence-electron chi connectivity index (χ2n) is 5.37. The Morgan fingerprint density at radius 3 is 2.62 bits per heavy atom. The molecule has 26 heavy (non-hydrogen) atoms. The van der Waals surface area contributed by atoms with Gasteiger partial charge in [0.15, 0.2) is 6.61 Å². The second-order valence-corrected chi connectivity index (χ2v) is 6.28. The minimum absolute atomic E-state index is 0.0496. The third-order valence-corrected chi connectivity index (χ3v) is 4.11. The van der Waals surface area contributed by atoms with Crippen molar-refractivity contribution in [2.45, 2.75) is 0 Å². The molecule has 0 atom stereocenters. The van der Waals surface area contributed by atoms with E-state index in [4.69, 9.17) is 11.2 Å². The molecule has 1 aromatic heterocycles. The molecule has 0 amide bonds. The summed E-state index contributed by atoms with van der Waals surface area (Å²) < 4.78 is 7.64. The number of halogens is 1. The number of esters is 1. The summed E-state index contributed by atoms with van der Waals surface area (Å²) >= 11 is 3.44. The Kier molecular flexibility index (Phi) is 5.67. The Morgan fingerprint density at radius 1 is 1.19 bits per heavy atom. The number of hydrogen-bond donors (Lipinski definition) is 0. The molecule has 0 aliphatic rings. The van der Waals surface area contributed by atoms with Crippen molar-refractivity contribution in [3.63, 3.8) is 0 Å². The van der Waals surface area contributed by atoms with Crippen molar-refractivity contribution >= 4 is 28.0 Å². The van der Waals surface area contributed by atoms with Gasteiger partial charge in [-0.1, -0.05) is 52.2 Å². The molecule has 5 heteroatoms. The van der Waals surface area contributed by atoms with Crippen molar-refractivity contribution in [1.82, 2.24) is 9.78 Å². The zero-order valence-corrected chi connectivity index (χ0v) is 15.4. The van der Waals surface area contributed by atoms with Crippen LogP contribution in [0.15, 0.2) is 71.3 Å². The van der Waals surface area contributed by atoms with Crippen LogP contribution in [0.1, 0.15) is 5.56 Å². The summed E-state index contributed by atoms with van der Waals surface area (Å²) in [5.74, 6) is 1.78. The highest BCUT2D eigenvalue weighted by Crippen LogP contribution is 2.26. The monoisotopic (exact) mass is 406 g/mol. The van der Waals surface area contributed by atoms with Gasteiger partial charge in [0.2, 0.25) is 0 Å². The first-order valence-corrected chi connectivity index (χ1v) is 8.66. The number of rotatable bonds is 5. The lowest BCUT2D eigenvalue weighted by molar-refractivity contribution is -0.136. The Morgan fingerprint density at radius 2 is 1.92 bits per heavy atom. The topological polar surface area (TPSA) is 44.1 Å². The van der Waals surface area contributed by atoms with Crippen LogP contribution in [0.25, 0.3) is 23.0 Å². The number of carbonyl (C=O) groups is 1. The molecule has 0 radical (unpaired) electrons. The zero-order chi connectivity index (χ0) is 18.4. The number of terminal acetylenes is 1. The van der Waals surface area contributed by atoms with Crippen LogP contribution < -0.4 is 0 Å². The number of aromatic nitrogens is 2. The van der Waals surface area contributed by atoms with E-state index < -0.39 is 5.97 Å². The molecular formula is C21H15BrN2O2. The first kappa shape index (κ1) is 17.7. The highest BCUT2D eigenvalue weighted by atomic mass is 79.9. The lowest BCUT2D eigenvalue weighted by atomic mass is 10.1. The van der Waals surface area contributed by atoms with Gasteiger partial charge in [-0.15, -0.1) is 6.42 Å². The number of nitrogens with zero attached hydrogens (tertiary/aromatic N) is 2. The smallest absolute Gasteiger partial charge is 0.331 e. The van der Waals surface area contributed by atoms with E-state index in [1.165, 1.54) is 6.08 Å². The van der Waals surface area contributed by atoms with E-state index in [1.54, 1.807) is 10.8 Å². The van der Waals surface area contributed by atoms with Crippen LogP contribution in [-0.2, 0) is 9.53 Å². The van der Waals surface area contributed by atoms with E-state index in [-0.39, 0.29) is 6.61 Å². The van der Waals surface area contributed by atoms with Crippen molar-refractivity contribution in [2.24, 2.45) is 0 Å². The minimum Gasteiger partial charge on any atom is -0.449 e. The SMILES string of the molecule is C#CCOC(=O)/C=C/c1cn(-c2ccccc2)nc1-c1ccc(Br)cc1. The molecule has 0 saturated carbocycles. The van der Waals surface area contributed by atoms with Gasteiger partial charge in [0.25, 0.3) is 0 Å². The Labute approximate surface area is 160 Å². The molecular weight excluding hydrogens is 392 g/mol. The maximum absolute atomic E-state index is 11.7. The molecule has 3 rings (SSSR count). The molecule has 0 spiro atoms. The molecule has 4 nitrogen and oxygen atoms in total. The van der Waals surface area contributed by atoms with Gasteiger partial charge < -0.3 is 4.74 Å². The van der Waals surface area contributed by atoms with Gasteiger partial charge in [0.1, 0.15) is 0 Å². The van der Waals surface area contributed by atoms with Crippen LogP contribution in [0.4, 0.5) is 0 Å². The highest BCUT2D eigenvalue weighted by Gasteiger charge is 2.11. The maximum atomic E-state index is 11.7. The second kappa shape index (κ2) is 8.32. The third-order valence-electron chi connectivity index (χ3n) is 3.58. The molecule has 0 aliphatic carbocycles. The molecule has 0 unspecified atom stereocenters. The van der Waals surface area contributed by atoms with Crippen LogP contribution in [0.5, 0.6) is 0 Å². The van der Waals surface area contributed by atoms with E-state index in [2.05, 4.69) is 26.9 Å². The fourth-order valence-electron chi connectivity index (χ4n) is 2.37. The standard InChI is InChI=1S/C21H15BrN2O2/c1-2-14-26-20(25)13-10-17-15-24(19-6-4-3-5-7-19)23-21(17)16-8-11-18(22)12-9-16/h1,3-13,15H,14H2/b13-10+. The fourth-order valence-corrected chi connectivity index (χ4v) is 2.64. The number of para-hydroxylation sites is 1. The Hall–Kier alpha value is -3.10. The maximum Gasteiger partial charge on any atom is 0.331 e. The summed E-state index contributed by atoms with van der Waals surface area (Å²) in [4.78, 5) is 11.7. The normalized spacial score (nSPS) is 10.6. The number of hydrogen-bond acceptors (Lipinski definition) is 3. The van der Waals surface area contributed by atoms with Crippen molar-refractivity contribution in [1.29, 1.82) is 0 Å². The molecule has 0 aliphatic heterocycles. The number of ether oxygens (including phenoxy) is 1. The Bertz CT molecular complexity index is 967. The van der Waals surface area contributed by atoms with Gasteiger partial charge in [-0.25, -0.2) is 9.48 Å². The lowest BCUT2D eigenvalue weighted by Gasteiger charge is -2.01. The van der Waals surface area contributed by atoms with Crippen LogP contribution in [0, 0.1) is 12.3 Å². The molecule has 1 heterocycles. The van der Waals surface area contributed by atoms with Gasteiger partial charge in [0.05, 0.1) is 11.4 Å². The molecule has 2 aromatic carbocycles. The summed E-state index contributed by atoms with van der Waals surface area (Å²) in [6, 6.07) is 17.6. The third kappa shape index (κ3) is 4.29. The molecule has 0 saturated heterocycles. The minimum atomic E-state index is -0.489. The predicted octanol–water partition coefficient (Wildman–Crippen LogP) is 4.49.